The number of rotatable bonds is 8. The summed E-state index contributed by atoms with van der Waals surface area (Å²) in [4.78, 5) is 24.5. The van der Waals surface area contributed by atoms with E-state index in [0.717, 1.165) is 16.9 Å². The summed E-state index contributed by atoms with van der Waals surface area (Å²) in [6, 6.07) is 25.9. The fourth-order valence-corrected chi connectivity index (χ4v) is 3.02. The van der Waals surface area contributed by atoms with Crippen LogP contribution in [0.2, 0.25) is 0 Å². The van der Waals surface area contributed by atoms with E-state index in [4.69, 9.17) is 4.74 Å². The molecular formula is C24H25N3O3. The number of carbonyl (C=O) groups excluding carboxylic acids is 2. The highest BCUT2D eigenvalue weighted by Gasteiger charge is 2.17. The lowest BCUT2D eigenvalue weighted by molar-refractivity contribution is -0.121. The monoisotopic (exact) mass is 403 g/mol. The molecular weight excluding hydrogens is 378 g/mol. The molecule has 0 aromatic heterocycles. The SMILES string of the molecule is COc1ccc(C(NC(=O)CCNC(=O)Nc2ccccc2)c2ccccc2)cc1. The first-order chi connectivity index (χ1) is 14.7. The molecule has 0 radical (unpaired) electrons. The third-order valence-electron chi connectivity index (χ3n) is 4.56. The van der Waals surface area contributed by atoms with Gasteiger partial charge >= 0.3 is 6.03 Å². The molecule has 6 heteroatoms. The summed E-state index contributed by atoms with van der Waals surface area (Å²) in [5, 5.41) is 8.49. The van der Waals surface area contributed by atoms with Crippen LogP contribution in [0.5, 0.6) is 5.75 Å². The summed E-state index contributed by atoms with van der Waals surface area (Å²) in [5.74, 6) is 0.602. The van der Waals surface area contributed by atoms with E-state index in [9.17, 15) is 9.59 Å². The summed E-state index contributed by atoms with van der Waals surface area (Å²) in [5.41, 5.74) is 2.62. The van der Waals surface area contributed by atoms with Crippen molar-refractivity contribution in [3.63, 3.8) is 0 Å². The molecule has 0 aliphatic heterocycles. The minimum absolute atomic E-state index is 0.153. The van der Waals surface area contributed by atoms with Crippen molar-refractivity contribution in [1.82, 2.24) is 10.6 Å². The van der Waals surface area contributed by atoms with Crippen LogP contribution in [0.15, 0.2) is 84.9 Å². The second kappa shape index (κ2) is 10.7. The van der Waals surface area contributed by atoms with Gasteiger partial charge in [0.15, 0.2) is 0 Å². The average molecular weight is 403 g/mol. The van der Waals surface area contributed by atoms with Gasteiger partial charge < -0.3 is 20.7 Å². The molecule has 0 aliphatic rings. The van der Waals surface area contributed by atoms with Crippen molar-refractivity contribution in [3.8, 4) is 5.75 Å². The lowest BCUT2D eigenvalue weighted by Gasteiger charge is -2.20. The van der Waals surface area contributed by atoms with Gasteiger partial charge in [0, 0.05) is 18.7 Å². The number of urea groups is 1. The molecule has 1 atom stereocenters. The fraction of sp³-hybridized carbons (Fsp3) is 0.167. The number of nitrogens with one attached hydrogen (secondary N) is 3. The Morgan fingerprint density at radius 2 is 1.43 bits per heavy atom. The molecule has 0 heterocycles. The maximum absolute atomic E-state index is 12.6. The number of hydrogen-bond donors (Lipinski definition) is 3. The molecule has 3 N–H and O–H groups in total. The Balaban J connectivity index is 1.57. The molecule has 30 heavy (non-hydrogen) atoms. The summed E-state index contributed by atoms with van der Waals surface area (Å²) in [6.45, 7) is 0.231. The van der Waals surface area contributed by atoms with Crippen molar-refractivity contribution in [2.45, 2.75) is 12.5 Å². The molecule has 3 amide bonds. The molecule has 3 aromatic carbocycles. The maximum Gasteiger partial charge on any atom is 0.319 e. The molecule has 6 nitrogen and oxygen atoms in total. The van der Waals surface area contributed by atoms with E-state index < -0.39 is 0 Å². The molecule has 0 spiro atoms. The van der Waals surface area contributed by atoms with Gasteiger partial charge in [0.05, 0.1) is 13.2 Å². The minimum atomic E-state index is -0.344. The molecule has 1 unspecified atom stereocenters. The zero-order valence-corrected chi connectivity index (χ0v) is 16.8. The largest absolute Gasteiger partial charge is 0.497 e. The maximum atomic E-state index is 12.6. The van der Waals surface area contributed by atoms with E-state index >= 15 is 0 Å². The van der Waals surface area contributed by atoms with E-state index in [-0.39, 0.29) is 30.9 Å². The Hall–Kier alpha value is -3.80. The second-order valence-corrected chi connectivity index (χ2v) is 6.68. The second-order valence-electron chi connectivity index (χ2n) is 6.68. The number of anilines is 1. The topological polar surface area (TPSA) is 79.5 Å². The smallest absolute Gasteiger partial charge is 0.319 e. The van der Waals surface area contributed by atoms with Crippen molar-refractivity contribution in [2.24, 2.45) is 0 Å². The van der Waals surface area contributed by atoms with Gasteiger partial charge in [-0.3, -0.25) is 4.79 Å². The van der Waals surface area contributed by atoms with Gasteiger partial charge in [0.1, 0.15) is 5.75 Å². The van der Waals surface area contributed by atoms with E-state index in [1.54, 1.807) is 19.2 Å². The Morgan fingerprint density at radius 3 is 2.07 bits per heavy atom. The lowest BCUT2D eigenvalue weighted by atomic mass is 9.98. The highest BCUT2D eigenvalue weighted by molar-refractivity contribution is 5.89. The van der Waals surface area contributed by atoms with Crippen molar-refractivity contribution in [1.29, 1.82) is 0 Å². The first-order valence-electron chi connectivity index (χ1n) is 9.74. The van der Waals surface area contributed by atoms with Crippen LogP contribution in [-0.2, 0) is 4.79 Å². The van der Waals surface area contributed by atoms with E-state index in [2.05, 4.69) is 16.0 Å². The Morgan fingerprint density at radius 1 is 0.833 bits per heavy atom. The minimum Gasteiger partial charge on any atom is -0.497 e. The summed E-state index contributed by atoms with van der Waals surface area (Å²) < 4.78 is 5.22. The highest BCUT2D eigenvalue weighted by Crippen LogP contribution is 2.24. The van der Waals surface area contributed by atoms with Gasteiger partial charge in [-0.1, -0.05) is 60.7 Å². The van der Waals surface area contributed by atoms with Crippen molar-refractivity contribution in [3.05, 3.63) is 96.1 Å². The van der Waals surface area contributed by atoms with Crippen LogP contribution in [0.4, 0.5) is 10.5 Å². The highest BCUT2D eigenvalue weighted by atomic mass is 16.5. The van der Waals surface area contributed by atoms with Crippen LogP contribution in [0.25, 0.3) is 0 Å². The van der Waals surface area contributed by atoms with Crippen LogP contribution in [0.1, 0.15) is 23.6 Å². The lowest BCUT2D eigenvalue weighted by Crippen LogP contribution is -2.35. The van der Waals surface area contributed by atoms with Crippen LogP contribution in [-0.4, -0.2) is 25.6 Å². The number of benzene rings is 3. The Bertz CT molecular complexity index is 944. The first kappa shape index (κ1) is 20.9. The predicted molar refractivity (Wildman–Crippen MR) is 118 cm³/mol. The zero-order valence-electron chi connectivity index (χ0n) is 16.8. The first-order valence-corrected chi connectivity index (χ1v) is 9.74. The molecule has 154 valence electrons. The average Bonchev–Trinajstić information content (AvgIpc) is 2.79. The Labute approximate surface area is 176 Å². The predicted octanol–water partition coefficient (Wildman–Crippen LogP) is 4.11. The van der Waals surface area contributed by atoms with Gasteiger partial charge in [0.25, 0.3) is 0 Å². The summed E-state index contributed by atoms with van der Waals surface area (Å²) in [6.07, 6.45) is 0.168. The molecule has 0 saturated carbocycles. The molecule has 0 fully saturated rings. The number of carbonyl (C=O) groups is 2. The molecule has 0 bridgehead atoms. The fourth-order valence-electron chi connectivity index (χ4n) is 3.02. The van der Waals surface area contributed by atoms with Crippen LogP contribution >= 0.6 is 0 Å². The third-order valence-corrected chi connectivity index (χ3v) is 4.56. The number of amides is 3. The number of ether oxygens (including phenoxy) is 1. The van der Waals surface area contributed by atoms with Gasteiger partial charge in [-0.25, -0.2) is 4.79 Å². The van der Waals surface area contributed by atoms with Crippen LogP contribution in [0, 0.1) is 0 Å². The summed E-state index contributed by atoms with van der Waals surface area (Å²) in [7, 11) is 1.62. The number of hydrogen-bond acceptors (Lipinski definition) is 3. The quantitative estimate of drug-likeness (QED) is 0.529. The Kier molecular flexibility index (Phi) is 7.44. The van der Waals surface area contributed by atoms with Gasteiger partial charge in [-0.2, -0.15) is 0 Å². The van der Waals surface area contributed by atoms with E-state index in [0.29, 0.717) is 5.69 Å². The van der Waals surface area contributed by atoms with Crippen molar-refractivity contribution in [2.75, 3.05) is 19.0 Å². The standard InChI is InChI=1S/C24H25N3O3/c1-30-21-14-12-19(13-15-21)23(18-8-4-2-5-9-18)27-22(28)16-17-25-24(29)26-20-10-6-3-7-11-20/h2-15,23H,16-17H2,1H3,(H,27,28)(H2,25,26,29). The molecule has 3 rings (SSSR count). The number of methoxy groups -OCH3 is 1. The van der Waals surface area contributed by atoms with Crippen LogP contribution in [0.3, 0.4) is 0 Å². The van der Waals surface area contributed by atoms with Crippen LogP contribution < -0.4 is 20.7 Å². The van der Waals surface area contributed by atoms with Crippen molar-refractivity contribution < 1.29 is 14.3 Å². The molecule has 0 aliphatic carbocycles. The summed E-state index contributed by atoms with van der Waals surface area (Å²) >= 11 is 0. The van der Waals surface area contributed by atoms with E-state index in [1.165, 1.54) is 0 Å². The van der Waals surface area contributed by atoms with Gasteiger partial charge in [-0.15, -0.1) is 0 Å². The normalized spacial score (nSPS) is 11.2. The van der Waals surface area contributed by atoms with Gasteiger partial charge in [0.2, 0.25) is 5.91 Å². The molecule has 3 aromatic rings. The third kappa shape index (κ3) is 6.10. The van der Waals surface area contributed by atoms with E-state index in [1.807, 2.05) is 72.8 Å². The van der Waals surface area contributed by atoms with Gasteiger partial charge in [-0.05, 0) is 35.4 Å². The molecule has 0 saturated heterocycles. The number of para-hydroxylation sites is 1. The zero-order chi connectivity index (χ0) is 21.2. The van der Waals surface area contributed by atoms with Crippen molar-refractivity contribution >= 4 is 17.6 Å².